The summed E-state index contributed by atoms with van der Waals surface area (Å²) in [7, 11) is -6.59. The predicted octanol–water partition coefficient (Wildman–Crippen LogP) is 1.12. The lowest BCUT2D eigenvalue weighted by Gasteiger charge is -2.27. The molecule has 9 heteroatoms. The summed E-state index contributed by atoms with van der Waals surface area (Å²) in [6.45, 7) is 3.29. The van der Waals surface area contributed by atoms with Gasteiger partial charge in [0, 0.05) is 31.2 Å². The maximum absolute atomic E-state index is 12.8. The Morgan fingerprint density at radius 3 is 2.31 bits per heavy atom. The van der Waals surface area contributed by atoms with Gasteiger partial charge in [-0.3, -0.25) is 4.79 Å². The summed E-state index contributed by atoms with van der Waals surface area (Å²) < 4.78 is 49.9. The summed E-state index contributed by atoms with van der Waals surface area (Å²) in [6.07, 6.45) is 2.18. The molecule has 0 radical (unpaired) electrons. The third kappa shape index (κ3) is 3.79. The Kier molecular flexibility index (Phi) is 5.41. The number of sulfone groups is 1. The highest BCUT2D eigenvalue weighted by atomic mass is 32.2. The molecule has 1 amide bonds. The Hall–Kier alpha value is -1.45. The van der Waals surface area contributed by atoms with E-state index >= 15 is 0 Å². The lowest BCUT2D eigenvalue weighted by molar-refractivity contribution is 0.0708. The molecular weight excluding hydrogens is 376 g/mol. The van der Waals surface area contributed by atoms with Crippen molar-refractivity contribution in [2.24, 2.45) is 0 Å². The van der Waals surface area contributed by atoms with Crippen LogP contribution in [0.1, 0.15) is 36.5 Å². The molecule has 2 heterocycles. The molecule has 2 aliphatic rings. The van der Waals surface area contributed by atoms with Crippen molar-refractivity contribution in [3.63, 3.8) is 0 Å². The second kappa shape index (κ2) is 7.28. The Morgan fingerprint density at radius 2 is 1.81 bits per heavy atom. The molecule has 2 saturated heterocycles. The van der Waals surface area contributed by atoms with Gasteiger partial charge in [-0.05, 0) is 50.5 Å². The van der Waals surface area contributed by atoms with Crippen LogP contribution < -0.4 is 0 Å². The van der Waals surface area contributed by atoms with Gasteiger partial charge in [0.25, 0.3) is 5.91 Å². The summed E-state index contributed by atoms with van der Waals surface area (Å²) in [4.78, 5) is 14.5. The zero-order valence-corrected chi connectivity index (χ0v) is 16.4. The van der Waals surface area contributed by atoms with E-state index in [0.29, 0.717) is 31.6 Å². The number of nitrogens with zero attached hydrogens (tertiary/aromatic N) is 2. The number of rotatable bonds is 5. The van der Waals surface area contributed by atoms with Crippen LogP contribution in [-0.2, 0) is 19.9 Å². The quantitative estimate of drug-likeness (QED) is 0.739. The van der Waals surface area contributed by atoms with Crippen molar-refractivity contribution in [1.82, 2.24) is 9.21 Å². The van der Waals surface area contributed by atoms with Crippen LogP contribution in [0.5, 0.6) is 0 Å². The lowest BCUT2D eigenvalue weighted by Crippen LogP contribution is -2.41. The van der Waals surface area contributed by atoms with Crippen LogP contribution in [-0.4, -0.2) is 69.1 Å². The van der Waals surface area contributed by atoms with E-state index in [1.165, 1.54) is 28.6 Å². The van der Waals surface area contributed by atoms with Crippen LogP contribution in [0.15, 0.2) is 29.2 Å². The van der Waals surface area contributed by atoms with Crippen LogP contribution in [0, 0.1) is 0 Å². The second-order valence-electron chi connectivity index (χ2n) is 6.78. The van der Waals surface area contributed by atoms with Gasteiger partial charge in [-0.2, -0.15) is 4.31 Å². The maximum atomic E-state index is 12.8. The summed E-state index contributed by atoms with van der Waals surface area (Å²) in [5.41, 5.74) is 0.372. The molecule has 0 spiro atoms. The molecule has 0 N–H and O–H groups in total. The highest BCUT2D eigenvalue weighted by Crippen LogP contribution is 2.23. The van der Waals surface area contributed by atoms with Crippen molar-refractivity contribution < 1.29 is 21.6 Å². The standard InChI is InChI=1S/C17H24N2O5S2/c1-2-19(15-9-12-25(21,22)13-15)17(20)14-5-7-16(8-6-14)26(23,24)18-10-3-4-11-18/h5-8,15H,2-4,9-13H2,1H3/t15-/m0/s1. The fourth-order valence-corrected chi connectivity index (χ4v) is 6.85. The van der Waals surface area contributed by atoms with E-state index in [1.54, 1.807) is 4.90 Å². The molecular formula is C17H24N2O5S2. The number of sulfonamides is 1. The largest absolute Gasteiger partial charge is 0.335 e. The van der Waals surface area contributed by atoms with Crippen molar-refractivity contribution in [3.8, 4) is 0 Å². The molecule has 0 unspecified atom stereocenters. The van der Waals surface area contributed by atoms with Gasteiger partial charge in [0.15, 0.2) is 9.84 Å². The third-order valence-electron chi connectivity index (χ3n) is 5.05. The van der Waals surface area contributed by atoms with E-state index < -0.39 is 19.9 Å². The molecule has 0 aromatic heterocycles. The molecule has 2 aliphatic heterocycles. The molecule has 1 aromatic rings. The molecule has 1 atom stereocenters. The van der Waals surface area contributed by atoms with Crippen molar-refractivity contribution in [1.29, 1.82) is 0 Å². The van der Waals surface area contributed by atoms with Gasteiger partial charge in [0.1, 0.15) is 0 Å². The topological polar surface area (TPSA) is 91.8 Å². The SMILES string of the molecule is CCN(C(=O)c1ccc(S(=O)(=O)N2CCCC2)cc1)[C@H]1CCS(=O)(=O)C1. The first-order valence-electron chi connectivity index (χ1n) is 8.86. The monoisotopic (exact) mass is 400 g/mol. The van der Waals surface area contributed by atoms with Gasteiger partial charge in [0.2, 0.25) is 10.0 Å². The summed E-state index contributed by atoms with van der Waals surface area (Å²) in [6, 6.07) is 5.63. The molecule has 0 saturated carbocycles. The number of benzene rings is 1. The minimum absolute atomic E-state index is 0.00595. The molecule has 144 valence electrons. The molecule has 7 nitrogen and oxygen atoms in total. The van der Waals surface area contributed by atoms with Gasteiger partial charge in [-0.25, -0.2) is 16.8 Å². The first-order chi connectivity index (χ1) is 12.2. The second-order valence-corrected chi connectivity index (χ2v) is 11.0. The van der Waals surface area contributed by atoms with Crippen molar-refractivity contribution in [3.05, 3.63) is 29.8 Å². The van der Waals surface area contributed by atoms with Gasteiger partial charge in [-0.15, -0.1) is 0 Å². The summed E-state index contributed by atoms with van der Waals surface area (Å²) in [5, 5.41) is 0. The van der Waals surface area contributed by atoms with E-state index in [-0.39, 0.29) is 28.4 Å². The fourth-order valence-electron chi connectivity index (χ4n) is 3.60. The van der Waals surface area contributed by atoms with Crippen LogP contribution in [0.3, 0.4) is 0 Å². The van der Waals surface area contributed by atoms with Gasteiger partial charge >= 0.3 is 0 Å². The number of hydrogen-bond donors (Lipinski definition) is 0. The lowest BCUT2D eigenvalue weighted by atomic mass is 10.1. The van der Waals surface area contributed by atoms with Gasteiger partial charge in [0.05, 0.1) is 16.4 Å². The first kappa shape index (κ1) is 19.3. The zero-order chi connectivity index (χ0) is 18.9. The molecule has 1 aromatic carbocycles. The van der Waals surface area contributed by atoms with Gasteiger partial charge < -0.3 is 4.90 Å². The highest BCUT2D eigenvalue weighted by molar-refractivity contribution is 7.91. The van der Waals surface area contributed by atoms with Crippen LogP contribution >= 0.6 is 0 Å². The molecule has 0 aliphatic carbocycles. The van der Waals surface area contributed by atoms with Crippen LogP contribution in [0.25, 0.3) is 0 Å². The number of amides is 1. The van der Waals surface area contributed by atoms with E-state index in [4.69, 9.17) is 0 Å². The van der Waals surface area contributed by atoms with Crippen molar-refractivity contribution in [2.75, 3.05) is 31.1 Å². The van der Waals surface area contributed by atoms with E-state index in [1.807, 2.05) is 6.92 Å². The molecule has 3 rings (SSSR count). The Morgan fingerprint density at radius 1 is 1.19 bits per heavy atom. The van der Waals surface area contributed by atoms with E-state index in [9.17, 15) is 21.6 Å². The van der Waals surface area contributed by atoms with Crippen molar-refractivity contribution >= 4 is 25.8 Å². The molecule has 2 fully saturated rings. The van der Waals surface area contributed by atoms with Gasteiger partial charge in [-0.1, -0.05) is 0 Å². The summed E-state index contributed by atoms with van der Waals surface area (Å²) in [5.74, 6) is -0.164. The highest BCUT2D eigenvalue weighted by Gasteiger charge is 2.34. The average molecular weight is 401 g/mol. The third-order valence-corrected chi connectivity index (χ3v) is 8.72. The van der Waals surface area contributed by atoms with E-state index in [0.717, 1.165) is 12.8 Å². The van der Waals surface area contributed by atoms with Crippen molar-refractivity contribution in [2.45, 2.75) is 37.1 Å². The van der Waals surface area contributed by atoms with Crippen LogP contribution in [0.2, 0.25) is 0 Å². The molecule has 26 heavy (non-hydrogen) atoms. The predicted molar refractivity (Wildman–Crippen MR) is 98.2 cm³/mol. The number of carbonyl (C=O) groups excluding carboxylic acids is 1. The summed E-state index contributed by atoms with van der Waals surface area (Å²) >= 11 is 0. The Bertz CT molecular complexity index is 872. The number of carbonyl (C=O) groups is 1. The fraction of sp³-hybridized carbons (Fsp3) is 0.588. The minimum Gasteiger partial charge on any atom is -0.335 e. The number of hydrogen-bond acceptors (Lipinski definition) is 5. The zero-order valence-electron chi connectivity index (χ0n) is 14.8. The molecule has 0 bridgehead atoms. The normalized spacial score (nSPS) is 23.2. The van der Waals surface area contributed by atoms with Crippen LogP contribution in [0.4, 0.5) is 0 Å². The smallest absolute Gasteiger partial charge is 0.254 e. The Labute approximate surface area is 155 Å². The first-order valence-corrected chi connectivity index (χ1v) is 12.1. The average Bonchev–Trinajstić information content (AvgIpc) is 3.26. The van der Waals surface area contributed by atoms with E-state index in [2.05, 4.69) is 0 Å². The minimum atomic E-state index is -3.51. The maximum Gasteiger partial charge on any atom is 0.254 e. The Balaban J connectivity index is 1.78.